The molecule has 1 aliphatic carbocycles. The zero-order valence-corrected chi connectivity index (χ0v) is 10.9. The molecule has 0 saturated carbocycles. The monoisotopic (exact) mass is 227 g/mol. The SMILES string of the molecule is CC(C)C1=C(N)C(C)CC(c2ccccc2)=C1. The van der Waals surface area contributed by atoms with Gasteiger partial charge in [0.15, 0.2) is 0 Å². The Morgan fingerprint density at radius 2 is 1.82 bits per heavy atom. The molecule has 0 aliphatic heterocycles. The van der Waals surface area contributed by atoms with Gasteiger partial charge in [-0.05, 0) is 35.0 Å². The van der Waals surface area contributed by atoms with Crippen LogP contribution in [0.15, 0.2) is 47.7 Å². The Morgan fingerprint density at radius 1 is 1.18 bits per heavy atom. The number of benzene rings is 1. The van der Waals surface area contributed by atoms with Crippen molar-refractivity contribution in [1.29, 1.82) is 0 Å². The van der Waals surface area contributed by atoms with Crippen LogP contribution in [0.5, 0.6) is 0 Å². The van der Waals surface area contributed by atoms with Gasteiger partial charge >= 0.3 is 0 Å². The van der Waals surface area contributed by atoms with Gasteiger partial charge in [0.2, 0.25) is 0 Å². The largest absolute Gasteiger partial charge is 0.402 e. The minimum absolute atomic E-state index is 0.451. The Labute approximate surface area is 104 Å². The van der Waals surface area contributed by atoms with Crippen molar-refractivity contribution in [2.24, 2.45) is 17.6 Å². The van der Waals surface area contributed by atoms with E-state index in [-0.39, 0.29) is 0 Å². The van der Waals surface area contributed by atoms with Crippen molar-refractivity contribution in [3.05, 3.63) is 53.2 Å². The van der Waals surface area contributed by atoms with Crippen molar-refractivity contribution in [2.45, 2.75) is 27.2 Å². The van der Waals surface area contributed by atoms with Crippen LogP contribution in [0.25, 0.3) is 5.57 Å². The van der Waals surface area contributed by atoms with E-state index in [2.05, 4.69) is 57.2 Å². The van der Waals surface area contributed by atoms with Crippen molar-refractivity contribution < 1.29 is 0 Å². The molecule has 2 N–H and O–H groups in total. The van der Waals surface area contributed by atoms with Crippen molar-refractivity contribution in [1.82, 2.24) is 0 Å². The lowest BCUT2D eigenvalue weighted by Crippen LogP contribution is -2.18. The number of allylic oxidation sites excluding steroid dienone is 4. The number of hydrogen-bond acceptors (Lipinski definition) is 1. The fourth-order valence-electron chi connectivity index (χ4n) is 2.41. The molecule has 90 valence electrons. The number of nitrogens with two attached hydrogens (primary N) is 1. The first-order chi connectivity index (χ1) is 8.09. The lowest BCUT2D eigenvalue weighted by atomic mass is 9.82. The van der Waals surface area contributed by atoms with E-state index in [9.17, 15) is 0 Å². The quantitative estimate of drug-likeness (QED) is 0.812. The van der Waals surface area contributed by atoms with Gasteiger partial charge in [-0.1, -0.05) is 57.2 Å². The first-order valence-electron chi connectivity index (χ1n) is 6.35. The summed E-state index contributed by atoms with van der Waals surface area (Å²) in [5.41, 5.74) is 11.3. The lowest BCUT2D eigenvalue weighted by molar-refractivity contribution is 0.645. The summed E-state index contributed by atoms with van der Waals surface area (Å²) in [6.45, 7) is 6.63. The maximum Gasteiger partial charge on any atom is 0.0148 e. The van der Waals surface area contributed by atoms with E-state index in [1.54, 1.807) is 0 Å². The molecule has 17 heavy (non-hydrogen) atoms. The molecule has 0 bridgehead atoms. The highest BCUT2D eigenvalue weighted by Gasteiger charge is 2.20. The zero-order valence-electron chi connectivity index (χ0n) is 10.9. The summed E-state index contributed by atoms with van der Waals surface area (Å²) < 4.78 is 0. The molecule has 2 rings (SSSR count). The average Bonchev–Trinajstić information content (AvgIpc) is 2.33. The highest BCUT2D eigenvalue weighted by molar-refractivity contribution is 5.70. The smallest absolute Gasteiger partial charge is 0.0148 e. The van der Waals surface area contributed by atoms with Gasteiger partial charge in [0.05, 0.1) is 0 Å². The van der Waals surface area contributed by atoms with E-state index in [0.717, 1.165) is 12.1 Å². The minimum Gasteiger partial charge on any atom is -0.402 e. The topological polar surface area (TPSA) is 26.0 Å². The molecule has 1 nitrogen and oxygen atoms in total. The van der Waals surface area contributed by atoms with Crippen molar-refractivity contribution in [2.75, 3.05) is 0 Å². The van der Waals surface area contributed by atoms with Crippen LogP contribution in [0, 0.1) is 11.8 Å². The van der Waals surface area contributed by atoms with Gasteiger partial charge in [-0.25, -0.2) is 0 Å². The third-order valence-electron chi connectivity index (χ3n) is 3.49. The molecule has 0 amide bonds. The minimum atomic E-state index is 0.451. The summed E-state index contributed by atoms with van der Waals surface area (Å²) in [5.74, 6) is 0.948. The van der Waals surface area contributed by atoms with Gasteiger partial charge in [0.1, 0.15) is 0 Å². The zero-order chi connectivity index (χ0) is 12.4. The Bertz CT molecular complexity index is 452. The van der Waals surface area contributed by atoms with Crippen LogP contribution >= 0.6 is 0 Å². The lowest BCUT2D eigenvalue weighted by Gasteiger charge is -2.25. The van der Waals surface area contributed by atoms with Crippen molar-refractivity contribution in [3.8, 4) is 0 Å². The number of rotatable bonds is 2. The molecule has 1 aromatic rings. The predicted molar refractivity (Wildman–Crippen MR) is 74.3 cm³/mol. The van der Waals surface area contributed by atoms with E-state index in [4.69, 9.17) is 5.73 Å². The highest BCUT2D eigenvalue weighted by Crippen LogP contribution is 2.34. The maximum atomic E-state index is 6.20. The molecule has 1 unspecified atom stereocenters. The molecule has 0 fully saturated rings. The van der Waals surface area contributed by atoms with Crippen LogP contribution in [-0.2, 0) is 0 Å². The second kappa shape index (κ2) is 4.79. The Balaban J connectivity index is 2.41. The van der Waals surface area contributed by atoms with E-state index in [1.165, 1.54) is 16.7 Å². The number of hydrogen-bond donors (Lipinski definition) is 1. The van der Waals surface area contributed by atoms with Crippen LogP contribution in [0.4, 0.5) is 0 Å². The summed E-state index contributed by atoms with van der Waals surface area (Å²) in [6, 6.07) is 10.6. The molecule has 1 aliphatic rings. The summed E-state index contributed by atoms with van der Waals surface area (Å²) >= 11 is 0. The molecule has 1 aromatic carbocycles. The van der Waals surface area contributed by atoms with E-state index in [1.807, 2.05) is 0 Å². The predicted octanol–water partition coefficient (Wildman–Crippen LogP) is 3.98. The summed E-state index contributed by atoms with van der Waals surface area (Å²) in [4.78, 5) is 0. The molecule has 0 heterocycles. The first kappa shape index (κ1) is 12.0. The second-order valence-electron chi connectivity index (χ2n) is 5.21. The van der Waals surface area contributed by atoms with Gasteiger partial charge in [0.25, 0.3) is 0 Å². The fraction of sp³-hybridized carbons (Fsp3) is 0.375. The maximum absolute atomic E-state index is 6.20. The Morgan fingerprint density at radius 3 is 2.41 bits per heavy atom. The summed E-state index contributed by atoms with van der Waals surface area (Å²) in [6.07, 6.45) is 3.33. The van der Waals surface area contributed by atoms with E-state index < -0.39 is 0 Å². The van der Waals surface area contributed by atoms with Crippen LogP contribution in [0.2, 0.25) is 0 Å². The van der Waals surface area contributed by atoms with Gasteiger partial charge < -0.3 is 5.73 Å². The summed E-state index contributed by atoms with van der Waals surface area (Å²) in [5, 5.41) is 0. The molecule has 1 atom stereocenters. The van der Waals surface area contributed by atoms with Crippen molar-refractivity contribution >= 4 is 5.57 Å². The van der Waals surface area contributed by atoms with Gasteiger partial charge in [0, 0.05) is 5.70 Å². The highest BCUT2D eigenvalue weighted by atomic mass is 14.6. The molecule has 0 aromatic heterocycles. The van der Waals surface area contributed by atoms with Crippen LogP contribution in [0.1, 0.15) is 32.8 Å². The van der Waals surface area contributed by atoms with Crippen LogP contribution in [0.3, 0.4) is 0 Å². The van der Waals surface area contributed by atoms with Gasteiger partial charge in [-0.3, -0.25) is 0 Å². The molecular weight excluding hydrogens is 206 g/mol. The van der Waals surface area contributed by atoms with E-state index in [0.29, 0.717) is 11.8 Å². The second-order valence-corrected chi connectivity index (χ2v) is 5.21. The Hall–Kier alpha value is -1.50. The van der Waals surface area contributed by atoms with Gasteiger partial charge in [-0.2, -0.15) is 0 Å². The molecule has 0 saturated heterocycles. The first-order valence-corrected chi connectivity index (χ1v) is 6.35. The fourth-order valence-corrected chi connectivity index (χ4v) is 2.41. The molecule has 0 radical (unpaired) electrons. The molecular formula is C16H21N. The third kappa shape index (κ3) is 2.44. The van der Waals surface area contributed by atoms with Crippen molar-refractivity contribution in [3.63, 3.8) is 0 Å². The average molecular weight is 227 g/mol. The normalized spacial score (nSPS) is 20.7. The molecule has 0 spiro atoms. The third-order valence-corrected chi connectivity index (χ3v) is 3.49. The van der Waals surface area contributed by atoms with E-state index >= 15 is 0 Å². The summed E-state index contributed by atoms with van der Waals surface area (Å²) in [7, 11) is 0. The van der Waals surface area contributed by atoms with Gasteiger partial charge in [-0.15, -0.1) is 0 Å². The van der Waals surface area contributed by atoms with Crippen LogP contribution in [-0.4, -0.2) is 0 Å². The molecule has 1 heteroatoms. The Kier molecular flexibility index (Phi) is 3.37. The van der Waals surface area contributed by atoms with Crippen LogP contribution < -0.4 is 5.73 Å². The standard InChI is InChI=1S/C16H21N/c1-11(2)15-10-14(9-12(3)16(15)17)13-7-5-4-6-8-13/h4-8,10-12H,9,17H2,1-3H3.